The Morgan fingerprint density at radius 1 is 0.739 bits per heavy atom. The van der Waals surface area contributed by atoms with Gasteiger partial charge in [-0.05, 0) is 24.0 Å². The molecule has 0 spiro atoms. The summed E-state index contributed by atoms with van der Waals surface area (Å²) < 4.78 is 0. The molecular formula is C20H23NO2. The molecule has 2 unspecified atom stereocenters. The minimum absolute atomic E-state index is 0.224. The molecule has 2 rings (SSSR count). The maximum absolute atomic E-state index is 12.5. The number of nitrogens with one attached hydrogen (secondary N) is 1. The van der Waals surface area contributed by atoms with Gasteiger partial charge in [-0.3, -0.25) is 14.9 Å². The van der Waals surface area contributed by atoms with Crippen molar-refractivity contribution in [2.75, 3.05) is 0 Å². The second kappa shape index (κ2) is 8.28. The number of hydrogen-bond donors (Lipinski definition) is 1. The molecule has 0 aliphatic rings. The first-order chi connectivity index (χ1) is 11.2. The largest absolute Gasteiger partial charge is 0.295 e. The van der Waals surface area contributed by atoms with E-state index >= 15 is 0 Å². The predicted molar refractivity (Wildman–Crippen MR) is 92.1 cm³/mol. The fourth-order valence-electron chi connectivity index (χ4n) is 2.81. The first-order valence-corrected chi connectivity index (χ1v) is 8.12. The Morgan fingerprint density at radius 3 is 1.39 bits per heavy atom. The molecule has 3 nitrogen and oxygen atoms in total. The monoisotopic (exact) mass is 309 g/mol. The van der Waals surface area contributed by atoms with Gasteiger partial charge in [-0.25, -0.2) is 0 Å². The summed E-state index contributed by atoms with van der Waals surface area (Å²) in [5.41, 5.74) is 1.88. The highest BCUT2D eigenvalue weighted by atomic mass is 16.2. The van der Waals surface area contributed by atoms with Crippen molar-refractivity contribution in [1.29, 1.82) is 0 Å². The lowest BCUT2D eigenvalue weighted by Gasteiger charge is -2.18. The number of rotatable bonds is 6. The van der Waals surface area contributed by atoms with Crippen molar-refractivity contribution < 1.29 is 9.59 Å². The van der Waals surface area contributed by atoms with E-state index in [1.165, 1.54) is 0 Å². The van der Waals surface area contributed by atoms with E-state index in [0.29, 0.717) is 12.8 Å². The molecule has 0 heterocycles. The smallest absolute Gasteiger partial charge is 0.234 e. The summed E-state index contributed by atoms with van der Waals surface area (Å²) in [6.45, 7) is 3.91. The van der Waals surface area contributed by atoms with Crippen LogP contribution in [0.15, 0.2) is 60.7 Å². The van der Waals surface area contributed by atoms with E-state index in [-0.39, 0.29) is 23.7 Å². The zero-order chi connectivity index (χ0) is 16.7. The molecule has 0 aromatic heterocycles. The number of benzene rings is 2. The molecular weight excluding hydrogens is 286 g/mol. The molecule has 0 bridgehead atoms. The van der Waals surface area contributed by atoms with Crippen LogP contribution in [0.5, 0.6) is 0 Å². The van der Waals surface area contributed by atoms with Gasteiger partial charge in [-0.1, -0.05) is 74.5 Å². The van der Waals surface area contributed by atoms with Crippen LogP contribution in [0.3, 0.4) is 0 Å². The Bertz CT molecular complexity index is 580. The average molecular weight is 309 g/mol. The van der Waals surface area contributed by atoms with Crippen LogP contribution >= 0.6 is 0 Å². The first kappa shape index (κ1) is 16.9. The summed E-state index contributed by atoms with van der Waals surface area (Å²) in [5.74, 6) is -1.04. The van der Waals surface area contributed by atoms with Crippen molar-refractivity contribution in [3.05, 3.63) is 71.8 Å². The Labute approximate surface area is 137 Å². The third kappa shape index (κ3) is 4.28. The van der Waals surface area contributed by atoms with Crippen molar-refractivity contribution in [1.82, 2.24) is 5.32 Å². The highest BCUT2D eigenvalue weighted by molar-refractivity contribution is 6.01. The van der Waals surface area contributed by atoms with Crippen LogP contribution in [0.25, 0.3) is 0 Å². The SMILES string of the molecule is CCC(C(=O)NC(=O)C(CC)c1ccccc1)c1ccccc1. The minimum Gasteiger partial charge on any atom is -0.295 e. The number of carbonyl (C=O) groups is 2. The van der Waals surface area contributed by atoms with Gasteiger partial charge in [0.2, 0.25) is 11.8 Å². The molecule has 2 amide bonds. The number of imide groups is 1. The summed E-state index contributed by atoms with van der Waals surface area (Å²) in [6.07, 6.45) is 1.32. The number of hydrogen-bond acceptors (Lipinski definition) is 2. The van der Waals surface area contributed by atoms with Crippen LogP contribution in [0.1, 0.15) is 49.7 Å². The Kier molecular flexibility index (Phi) is 6.10. The van der Waals surface area contributed by atoms with Crippen LogP contribution in [-0.2, 0) is 9.59 Å². The molecule has 0 aliphatic carbocycles. The van der Waals surface area contributed by atoms with Crippen molar-refractivity contribution in [3.63, 3.8) is 0 Å². The number of amides is 2. The van der Waals surface area contributed by atoms with Crippen LogP contribution in [0.4, 0.5) is 0 Å². The van der Waals surface area contributed by atoms with Crippen LogP contribution in [0, 0.1) is 0 Å². The molecule has 0 radical (unpaired) electrons. The number of carbonyl (C=O) groups excluding carboxylic acids is 2. The molecule has 3 heteroatoms. The molecule has 2 aromatic rings. The van der Waals surface area contributed by atoms with Gasteiger partial charge in [-0.15, -0.1) is 0 Å². The standard InChI is InChI=1S/C20H23NO2/c1-3-17(15-11-7-5-8-12-15)19(22)21-20(23)18(4-2)16-13-9-6-10-14-16/h5-14,17-18H,3-4H2,1-2H3,(H,21,22,23). The van der Waals surface area contributed by atoms with Crippen molar-refractivity contribution in [2.24, 2.45) is 0 Å². The quantitative estimate of drug-likeness (QED) is 0.876. The van der Waals surface area contributed by atoms with E-state index in [0.717, 1.165) is 11.1 Å². The molecule has 23 heavy (non-hydrogen) atoms. The summed E-state index contributed by atoms with van der Waals surface area (Å²) in [6, 6.07) is 19.2. The molecule has 0 saturated heterocycles. The van der Waals surface area contributed by atoms with Gasteiger partial charge in [0.05, 0.1) is 11.8 Å². The van der Waals surface area contributed by atoms with Crippen LogP contribution in [-0.4, -0.2) is 11.8 Å². The maximum atomic E-state index is 12.5. The molecule has 0 fully saturated rings. The summed E-state index contributed by atoms with van der Waals surface area (Å²) in [5, 5.41) is 2.60. The fraction of sp³-hybridized carbons (Fsp3) is 0.300. The van der Waals surface area contributed by atoms with Gasteiger partial charge in [0, 0.05) is 0 Å². The molecule has 1 N–H and O–H groups in total. The first-order valence-electron chi connectivity index (χ1n) is 8.12. The lowest BCUT2D eigenvalue weighted by molar-refractivity contribution is -0.132. The Balaban J connectivity index is 2.10. The van der Waals surface area contributed by atoms with E-state index in [1.54, 1.807) is 0 Å². The second-order valence-corrected chi connectivity index (χ2v) is 5.60. The predicted octanol–water partition coefficient (Wildman–Crippen LogP) is 4.02. The van der Waals surface area contributed by atoms with Gasteiger partial charge in [0.15, 0.2) is 0 Å². The van der Waals surface area contributed by atoms with Gasteiger partial charge >= 0.3 is 0 Å². The zero-order valence-electron chi connectivity index (χ0n) is 13.7. The van der Waals surface area contributed by atoms with Crippen molar-refractivity contribution in [2.45, 2.75) is 38.5 Å². The molecule has 2 atom stereocenters. The maximum Gasteiger partial charge on any atom is 0.234 e. The highest BCUT2D eigenvalue weighted by Crippen LogP contribution is 2.22. The molecule has 120 valence electrons. The highest BCUT2D eigenvalue weighted by Gasteiger charge is 2.25. The summed E-state index contributed by atoms with van der Waals surface area (Å²) in [4.78, 5) is 25.0. The van der Waals surface area contributed by atoms with Crippen LogP contribution in [0.2, 0.25) is 0 Å². The molecule has 0 saturated carbocycles. The normalized spacial score (nSPS) is 13.1. The second-order valence-electron chi connectivity index (χ2n) is 5.60. The van der Waals surface area contributed by atoms with Gasteiger partial charge < -0.3 is 0 Å². The third-order valence-electron chi connectivity index (χ3n) is 4.10. The third-order valence-corrected chi connectivity index (χ3v) is 4.10. The van der Waals surface area contributed by atoms with E-state index in [2.05, 4.69) is 5.32 Å². The lowest BCUT2D eigenvalue weighted by Crippen LogP contribution is -2.37. The van der Waals surface area contributed by atoms with Crippen molar-refractivity contribution in [3.8, 4) is 0 Å². The van der Waals surface area contributed by atoms with E-state index in [1.807, 2.05) is 74.5 Å². The molecule has 0 aliphatic heterocycles. The van der Waals surface area contributed by atoms with Crippen LogP contribution < -0.4 is 5.32 Å². The Morgan fingerprint density at radius 2 is 1.09 bits per heavy atom. The van der Waals surface area contributed by atoms with Gasteiger partial charge in [0.1, 0.15) is 0 Å². The lowest BCUT2D eigenvalue weighted by atomic mass is 9.93. The van der Waals surface area contributed by atoms with E-state index < -0.39 is 0 Å². The Hall–Kier alpha value is -2.42. The topological polar surface area (TPSA) is 46.2 Å². The van der Waals surface area contributed by atoms with E-state index in [9.17, 15) is 9.59 Å². The summed E-state index contributed by atoms with van der Waals surface area (Å²) in [7, 11) is 0. The molecule has 2 aromatic carbocycles. The van der Waals surface area contributed by atoms with Gasteiger partial charge in [-0.2, -0.15) is 0 Å². The minimum atomic E-state index is -0.298. The average Bonchev–Trinajstić information content (AvgIpc) is 2.58. The van der Waals surface area contributed by atoms with Crippen molar-refractivity contribution >= 4 is 11.8 Å². The van der Waals surface area contributed by atoms with Gasteiger partial charge in [0.25, 0.3) is 0 Å². The fourth-order valence-corrected chi connectivity index (χ4v) is 2.81. The van der Waals surface area contributed by atoms with E-state index in [4.69, 9.17) is 0 Å². The summed E-state index contributed by atoms with van der Waals surface area (Å²) >= 11 is 0. The zero-order valence-corrected chi connectivity index (χ0v) is 13.7.